The van der Waals surface area contributed by atoms with Crippen LogP contribution in [0.3, 0.4) is 0 Å². The summed E-state index contributed by atoms with van der Waals surface area (Å²) in [6.07, 6.45) is 3.56. The van der Waals surface area contributed by atoms with Crippen molar-refractivity contribution in [3.8, 4) is 0 Å². The first-order chi connectivity index (χ1) is 9.79. The minimum absolute atomic E-state index is 0.0351. The first kappa shape index (κ1) is 17.8. The highest BCUT2D eigenvalue weighted by Gasteiger charge is 2.29. The second kappa shape index (κ2) is 8.22. The van der Waals surface area contributed by atoms with E-state index in [1.165, 1.54) is 0 Å². The number of carbonyl (C=O) groups excluding carboxylic acids is 1. The maximum atomic E-state index is 12.0. The lowest BCUT2D eigenvalue weighted by Gasteiger charge is -2.34. The summed E-state index contributed by atoms with van der Waals surface area (Å²) < 4.78 is 0. The number of carbonyl (C=O) groups is 2. The van der Waals surface area contributed by atoms with E-state index in [0.29, 0.717) is 18.9 Å². The molecular weight excluding hydrogens is 272 g/mol. The van der Waals surface area contributed by atoms with E-state index < -0.39 is 5.97 Å². The Morgan fingerprint density at radius 3 is 2.43 bits per heavy atom. The van der Waals surface area contributed by atoms with Crippen molar-refractivity contribution in [2.45, 2.75) is 58.1 Å². The highest BCUT2D eigenvalue weighted by Crippen LogP contribution is 2.27. The fraction of sp³-hybridized carbons (Fsp3) is 0.867. The SMILES string of the molecule is CC(CCCC(C)C(=O)O)NC(=O)N(C)CC1CC(O)C1. The minimum Gasteiger partial charge on any atom is -0.481 e. The summed E-state index contributed by atoms with van der Waals surface area (Å²) >= 11 is 0. The predicted octanol–water partition coefficient (Wildman–Crippen LogP) is 1.68. The van der Waals surface area contributed by atoms with Gasteiger partial charge in [0.1, 0.15) is 0 Å². The topological polar surface area (TPSA) is 89.9 Å². The van der Waals surface area contributed by atoms with Crippen LogP contribution in [0.4, 0.5) is 4.79 Å². The molecule has 0 aromatic carbocycles. The van der Waals surface area contributed by atoms with E-state index >= 15 is 0 Å². The molecule has 1 rings (SSSR count). The average Bonchev–Trinajstić information content (AvgIpc) is 2.36. The molecule has 0 aliphatic heterocycles. The number of hydrogen-bond donors (Lipinski definition) is 3. The number of hydrogen-bond acceptors (Lipinski definition) is 3. The molecule has 0 spiro atoms. The molecule has 6 heteroatoms. The zero-order chi connectivity index (χ0) is 16.0. The first-order valence-electron chi connectivity index (χ1n) is 7.72. The number of urea groups is 1. The van der Waals surface area contributed by atoms with Crippen LogP contribution in [0.5, 0.6) is 0 Å². The number of rotatable bonds is 8. The third-order valence-corrected chi connectivity index (χ3v) is 4.16. The Balaban J connectivity index is 2.16. The van der Waals surface area contributed by atoms with Gasteiger partial charge >= 0.3 is 12.0 Å². The Bertz CT molecular complexity index is 356. The molecule has 0 saturated heterocycles. The van der Waals surface area contributed by atoms with Crippen LogP contribution >= 0.6 is 0 Å². The highest BCUT2D eigenvalue weighted by molar-refractivity contribution is 5.74. The molecule has 2 amide bonds. The molecule has 1 aliphatic rings. The van der Waals surface area contributed by atoms with Crippen LogP contribution in [0.1, 0.15) is 46.0 Å². The van der Waals surface area contributed by atoms with E-state index in [9.17, 15) is 14.7 Å². The maximum Gasteiger partial charge on any atom is 0.317 e. The van der Waals surface area contributed by atoms with Gasteiger partial charge in [-0.2, -0.15) is 0 Å². The van der Waals surface area contributed by atoms with Gasteiger partial charge in [0.05, 0.1) is 12.0 Å². The molecule has 0 radical (unpaired) electrons. The van der Waals surface area contributed by atoms with Gasteiger partial charge in [0.2, 0.25) is 0 Å². The van der Waals surface area contributed by atoms with Gasteiger partial charge in [-0.25, -0.2) is 4.79 Å². The number of carboxylic acid groups (broad SMARTS) is 1. The van der Waals surface area contributed by atoms with Gasteiger partial charge in [-0.05, 0) is 38.5 Å². The van der Waals surface area contributed by atoms with Gasteiger partial charge in [-0.15, -0.1) is 0 Å². The fourth-order valence-electron chi connectivity index (χ4n) is 2.57. The van der Waals surface area contributed by atoms with Crippen molar-refractivity contribution in [1.29, 1.82) is 0 Å². The Morgan fingerprint density at radius 2 is 1.90 bits per heavy atom. The van der Waals surface area contributed by atoms with E-state index in [1.807, 2.05) is 6.92 Å². The number of nitrogens with one attached hydrogen (secondary N) is 1. The van der Waals surface area contributed by atoms with Crippen molar-refractivity contribution in [2.24, 2.45) is 11.8 Å². The largest absolute Gasteiger partial charge is 0.481 e. The number of nitrogens with zero attached hydrogens (tertiary/aromatic N) is 1. The molecule has 3 N–H and O–H groups in total. The molecular formula is C15H28N2O4. The van der Waals surface area contributed by atoms with Crippen molar-refractivity contribution in [3.63, 3.8) is 0 Å². The van der Waals surface area contributed by atoms with Crippen LogP contribution in [0, 0.1) is 11.8 Å². The fourth-order valence-corrected chi connectivity index (χ4v) is 2.57. The van der Waals surface area contributed by atoms with Gasteiger partial charge in [-0.3, -0.25) is 4.79 Å². The van der Waals surface area contributed by atoms with Gasteiger partial charge in [0.25, 0.3) is 0 Å². The molecule has 1 aliphatic carbocycles. The lowest BCUT2D eigenvalue weighted by molar-refractivity contribution is -0.141. The Hall–Kier alpha value is -1.30. The molecule has 1 fully saturated rings. The molecule has 6 nitrogen and oxygen atoms in total. The van der Waals surface area contributed by atoms with Gasteiger partial charge in [-0.1, -0.05) is 13.3 Å². The van der Waals surface area contributed by atoms with Crippen LogP contribution < -0.4 is 5.32 Å². The number of aliphatic hydroxyl groups is 1. The molecule has 2 atom stereocenters. The summed E-state index contributed by atoms with van der Waals surface area (Å²) in [6, 6.07) is -0.0666. The van der Waals surface area contributed by atoms with Crippen LogP contribution in [0.15, 0.2) is 0 Å². The van der Waals surface area contributed by atoms with Gasteiger partial charge < -0.3 is 20.4 Å². The maximum absolute atomic E-state index is 12.0. The Kier molecular flexibility index (Phi) is 6.95. The quantitative estimate of drug-likeness (QED) is 0.636. The van der Waals surface area contributed by atoms with Crippen LogP contribution in [-0.2, 0) is 4.79 Å². The van der Waals surface area contributed by atoms with Gasteiger partial charge in [0.15, 0.2) is 0 Å². The Morgan fingerprint density at radius 1 is 1.29 bits per heavy atom. The van der Waals surface area contributed by atoms with Crippen molar-refractivity contribution < 1.29 is 19.8 Å². The summed E-state index contributed by atoms with van der Waals surface area (Å²) in [6.45, 7) is 4.31. The normalized spacial score (nSPS) is 23.8. The molecule has 0 aromatic rings. The monoisotopic (exact) mass is 300 g/mol. The molecule has 0 aromatic heterocycles. The van der Waals surface area contributed by atoms with E-state index in [4.69, 9.17) is 5.11 Å². The van der Waals surface area contributed by atoms with Crippen LogP contribution in [-0.4, -0.2) is 52.9 Å². The predicted molar refractivity (Wildman–Crippen MR) is 80.0 cm³/mol. The number of aliphatic hydroxyl groups excluding tert-OH is 1. The zero-order valence-corrected chi connectivity index (χ0v) is 13.2. The second-order valence-corrected chi connectivity index (χ2v) is 6.39. The third kappa shape index (κ3) is 6.33. The van der Waals surface area contributed by atoms with Crippen LogP contribution in [0.25, 0.3) is 0 Å². The minimum atomic E-state index is -0.769. The average molecular weight is 300 g/mol. The van der Waals surface area contributed by atoms with Crippen LogP contribution in [0.2, 0.25) is 0 Å². The highest BCUT2D eigenvalue weighted by atomic mass is 16.4. The third-order valence-electron chi connectivity index (χ3n) is 4.16. The second-order valence-electron chi connectivity index (χ2n) is 6.39. The smallest absolute Gasteiger partial charge is 0.317 e. The standard InChI is InChI=1S/C15H28N2O4/c1-10(14(19)20)5-4-6-11(2)16-15(21)17(3)9-12-7-13(18)8-12/h10-13,18H,4-9H2,1-3H3,(H,16,21)(H,19,20). The van der Waals surface area contributed by atoms with E-state index in [1.54, 1.807) is 18.9 Å². The molecule has 0 bridgehead atoms. The molecule has 1 saturated carbocycles. The molecule has 21 heavy (non-hydrogen) atoms. The summed E-state index contributed by atoms with van der Waals surface area (Å²) in [5, 5.41) is 21.0. The molecule has 2 unspecified atom stereocenters. The summed E-state index contributed by atoms with van der Waals surface area (Å²) in [5.41, 5.74) is 0. The van der Waals surface area contributed by atoms with Crippen molar-refractivity contribution in [1.82, 2.24) is 10.2 Å². The van der Waals surface area contributed by atoms with Gasteiger partial charge in [0, 0.05) is 19.6 Å². The number of carboxylic acids is 1. The summed E-state index contributed by atoms with van der Waals surface area (Å²) in [5.74, 6) is -0.697. The lowest BCUT2D eigenvalue weighted by atomic mass is 9.82. The first-order valence-corrected chi connectivity index (χ1v) is 7.72. The van der Waals surface area contributed by atoms with Crippen molar-refractivity contribution >= 4 is 12.0 Å². The van der Waals surface area contributed by atoms with E-state index in [2.05, 4.69) is 5.32 Å². The van der Waals surface area contributed by atoms with Crippen molar-refractivity contribution in [2.75, 3.05) is 13.6 Å². The summed E-state index contributed by atoms with van der Waals surface area (Å²) in [4.78, 5) is 24.3. The van der Waals surface area contributed by atoms with Crippen molar-refractivity contribution in [3.05, 3.63) is 0 Å². The number of amides is 2. The van der Waals surface area contributed by atoms with E-state index in [-0.39, 0.29) is 24.1 Å². The Labute approximate surface area is 126 Å². The summed E-state index contributed by atoms with van der Waals surface area (Å²) in [7, 11) is 1.76. The molecule has 0 heterocycles. The molecule has 122 valence electrons. The zero-order valence-electron chi connectivity index (χ0n) is 13.2. The number of aliphatic carboxylic acids is 1. The van der Waals surface area contributed by atoms with E-state index in [0.717, 1.165) is 25.7 Å². The lowest BCUT2D eigenvalue weighted by Crippen LogP contribution is -2.46.